The third kappa shape index (κ3) is 2.48. The number of carbonyl (C=O) groups is 1. The monoisotopic (exact) mass is 323 g/mol. The topological polar surface area (TPSA) is 66.3 Å². The van der Waals surface area contributed by atoms with Crippen molar-refractivity contribution in [3.8, 4) is 0 Å². The molecule has 1 amide bonds. The van der Waals surface area contributed by atoms with Gasteiger partial charge in [-0.2, -0.15) is 0 Å². The Morgan fingerprint density at radius 2 is 2.25 bits per heavy atom. The number of aryl methyl sites for hydroxylation is 2. The maximum atomic E-state index is 12.9. The summed E-state index contributed by atoms with van der Waals surface area (Å²) < 4.78 is 2.01. The zero-order chi connectivity index (χ0) is 16.7. The molecule has 24 heavy (non-hydrogen) atoms. The Labute approximate surface area is 140 Å². The Morgan fingerprint density at radius 1 is 1.38 bits per heavy atom. The zero-order valence-electron chi connectivity index (χ0n) is 14.0. The zero-order valence-corrected chi connectivity index (χ0v) is 14.0. The van der Waals surface area contributed by atoms with E-state index in [1.165, 1.54) is 0 Å². The molecule has 1 aliphatic rings. The van der Waals surface area contributed by atoms with Gasteiger partial charge in [0.05, 0.1) is 23.9 Å². The van der Waals surface area contributed by atoms with Crippen LogP contribution in [-0.2, 0) is 11.2 Å². The minimum absolute atomic E-state index is 0.0608. The van der Waals surface area contributed by atoms with Gasteiger partial charge in [0.25, 0.3) is 0 Å². The molecule has 1 atom stereocenters. The van der Waals surface area contributed by atoms with Gasteiger partial charge in [-0.05, 0) is 38.8 Å². The van der Waals surface area contributed by atoms with Crippen LogP contribution in [0.5, 0.6) is 0 Å². The lowest BCUT2D eigenvalue weighted by molar-refractivity contribution is -0.131. The lowest BCUT2D eigenvalue weighted by Gasteiger charge is -2.23. The fraction of sp³-hybridized carbons (Fsp3) is 0.389. The van der Waals surface area contributed by atoms with Crippen LogP contribution < -0.4 is 0 Å². The number of aromatic nitrogens is 4. The van der Waals surface area contributed by atoms with Crippen molar-refractivity contribution in [3.05, 3.63) is 53.5 Å². The number of nitrogens with one attached hydrogen (secondary N) is 1. The predicted molar refractivity (Wildman–Crippen MR) is 90.6 cm³/mol. The third-order valence-corrected chi connectivity index (χ3v) is 4.76. The van der Waals surface area contributed by atoms with E-state index in [9.17, 15) is 4.79 Å². The molecule has 0 bridgehead atoms. The van der Waals surface area contributed by atoms with E-state index in [2.05, 4.69) is 15.0 Å². The average molecular weight is 323 g/mol. The molecule has 0 aliphatic carbocycles. The number of pyridine rings is 1. The molecule has 0 radical (unpaired) electrons. The number of likely N-dealkylation sites (tertiary alicyclic amines) is 1. The molecule has 0 aromatic carbocycles. The quantitative estimate of drug-likeness (QED) is 0.805. The maximum Gasteiger partial charge on any atom is 0.229 e. The summed E-state index contributed by atoms with van der Waals surface area (Å²) in [6.45, 7) is 4.74. The average Bonchev–Trinajstić information content (AvgIpc) is 3.27. The second-order valence-corrected chi connectivity index (χ2v) is 6.45. The lowest BCUT2D eigenvalue weighted by atomic mass is 10.2. The van der Waals surface area contributed by atoms with Gasteiger partial charge in [0.15, 0.2) is 0 Å². The first-order valence-corrected chi connectivity index (χ1v) is 8.37. The molecule has 0 spiro atoms. The number of amides is 1. The van der Waals surface area contributed by atoms with Gasteiger partial charge in [-0.3, -0.25) is 4.79 Å². The molecule has 3 aromatic rings. The summed E-state index contributed by atoms with van der Waals surface area (Å²) in [7, 11) is 0. The van der Waals surface area contributed by atoms with Crippen molar-refractivity contribution in [2.24, 2.45) is 0 Å². The number of imidazole rings is 2. The largest absolute Gasteiger partial charge is 0.344 e. The molecule has 3 aromatic heterocycles. The SMILES string of the molecule is Cc1cnc([C@H]2CCCN2C(=O)Cc2c(C)nc3ccccn23)[nH]1. The highest BCUT2D eigenvalue weighted by atomic mass is 16.2. The summed E-state index contributed by atoms with van der Waals surface area (Å²) in [5, 5.41) is 0. The Bertz CT molecular complexity index is 894. The van der Waals surface area contributed by atoms with Crippen molar-refractivity contribution in [1.29, 1.82) is 0 Å². The number of H-pyrrole nitrogens is 1. The minimum Gasteiger partial charge on any atom is -0.344 e. The first kappa shape index (κ1) is 14.9. The van der Waals surface area contributed by atoms with Crippen molar-refractivity contribution >= 4 is 11.6 Å². The molecular weight excluding hydrogens is 302 g/mol. The molecule has 0 unspecified atom stereocenters. The number of rotatable bonds is 3. The number of hydrogen-bond donors (Lipinski definition) is 1. The molecule has 6 heteroatoms. The van der Waals surface area contributed by atoms with Crippen molar-refractivity contribution in [2.75, 3.05) is 6.54 Å². The fourth-order valence-corrected chi connectivity index (χ4v) is 3.57. The normalized spacial score (nSPS) is 17.8. The van der Waals surface area contributed by atoms with Crippen LogP contribution in [0.2, 0.25) is 0 Å². The van der Waals surface area contributed by atoms with Crippen molar-refractivity contribution in [1.82, 2.24) is 24.3 Å². The number of aromatic amines is 1. The summed E-state index contributed by atoms with van der Waals surface area (Å²) in [6, 6.07) is 5.95. The highest BCUT2D eigenvalue weighted by Crippen LogP contribution is 2.31. The van der Waals surface area contributed by atoms with Gasteiger partial charge < -0.3 is 14.3 Å². The molecule has 1 fully saturated rings. The molecule has 0 saturated carbocycles. The summed E-state index contributed by atoms with van der Waals surface area (Å²) in [6.07, 6.45) is 6.14. The van der Waals surface area contributed by atoms with Crippen LogP contribution in [0.15, 0.2) is 30.6 Å². The van der Waals surface area contributed by atoms with Gasteiger partial charge in [-0.1, -0.05) is 6.07 Å². The van der Waals surface area contributed by atoms with Crippen LogP contribution in [0.3, 0.4) is 0 Å². The van der Waals surface area contributed by atoms with E-state index in [0.29, 0.717) is 6.42 Å². The molecular formula is C18H21N5O. The molecule has 6 nitrogen and oxygen atoms in total. The lowest BCUT2D eigenvalue weighted by Crippen LogP contribution is -2.32. The van der Waals surface area contributed by atoms with E-state index in [1.54, 1.807) is 0 Å². The van der Waals surface area contributed by atoms with Crippen LogP contribution in [0.1, 0.15) is 41.8 Å². The third-order valence-electron chi connectivity index (χ3n) is 4.76. The smallest absolute Gasteiger partial charge is 0.229 e. The first-order valence-electron chi connectivity index (χ1n) is 8.37. The summed E-state index contributed by atoms with van der Waals surface area (Å²) in [5.41, 5.74) is 3.80. The Morgan fingerprint density at radius 3 is 3.04 bits per heavy atom. The van der Waals surface area contributed by atoms with Crippen LogP contribution in [0, 0.1) is 13.8 Å². The van der Waals surface area contributed by atoms with Crippen LogP contribution >= 0.6 is 0 Å². The van der Waals surface area contributed by atoms with Gasteiger partial charge in [0, 0.05) is 24.6 Å². The van der Waals surface area contributed by atoms with Gasteiger partial charge >= 0.3 is 0 Å². The Hall–Kier alpha value is -2.63. The van der Waals surface area contributed by atoms with Crippen LogP contribution in [-0.4, -0.2) is 36.7 Å². The minimum atomic E-state index is 0.0608. The molecule has 1 aliphatic heterocycles. The Balaban J connectivity index is 1.60. The molecule has 1 N–H and O–H groups in total. The van der Waals surface area contributed by atoms with E-state index in [4.69, 9.17) is 0 Å². The number of carbonyl (C=O) groups excluding carboxylic acids is 1. The van der Waals surface area contributed by atoms with E-state index in [0.717, 1.165) is 47.9 Å². The second kappa shape index (κ2) is 5.78. The van der Waals surface area contributed by atoms with Gasteiger partial charge in [0.1, 0.15) is 11.5 Å². The van der Waals surface area contributed by atoms with Crippen LogP contribution in [0.4, 0.5) is 0 Å². The van der Waals surface area contributed by atoms with E-state index in [1.807, 2.05) is 53.7 Å². The molecule has 1 saturated heterocycles. The maximum absolute atomic E-state index is 12.9. The number of hydrogen-bond acceptors (Lipinski definition) is 3. The van der Waals surface area contributed by atoms with Gasteiger partial charge in [-0.25, -0.2) is 9.97 Å². The van der Waals surface area contributed by atoms with Gasteiger partial charge in [-0.15, -0.1) is 0 Å². The van der Waals surface area contributed by atoms with Crippen LogP contribution in [0.25, 0.3) is 5.65 Å². The summed E-state index contributed by atoms with van der Waals surface area (Å²) >= 11 is 0. The molecule has 124 valence electrons. The first-order chi connectivity index (χ1) is 11.6. The molecule has 4 rings (SSSR count). The highest BCUT2D eigenvalue weighted by Gasteiger charge is 2.32. The fourth-order valence-electron chi connectivity index (χ4n) is 3.57. The predicted octanol–water partition coefficient (Wildman–Crippen LogP) is 2.58. The van der Waals surface area contributed by atoms with Crippen molar-refractivity contribution < 1.29 is 4.79 Å². The summed E-state index contributed by atoms with van der Waals surface area (Å²) in [4.78, 5) is 27.2. The second-order valence-electron chi connectivity index (χ2n) is 6.45. The number of nitrogens with zero attached hydrogens (tertiary/aromatic N) is 4. The summed E-state index contributed by atoms with van der Waals surface area (Å²) in [5.74, 6) is 1.04. The van der Waals surface area contributed by atoms with E-state index < -0.39 is 0 Å². The molecule has 4 heterocycles. The highest BCUT2D eigenvalue weighted by molar-refractivity contribution is 5.79. The number of fused-ring (bicyclic) bond motifs is 1. The standard InChI is InChI=1S/C18H21N5O/c1-12-11-19-18(20-12)14-6-5-9-23(14)17(24)10-15-13(2)21-16-7-3-4-8-22(15)16/h3-4,7-8,11,14H,5-6,9-10H2,1-2H3,(H,19,20)/t14-/m1/s1. The Kier molecular flexibility index (Phi) is 3.59. The van der Waals surface area contributed by atoms with Gasteiger partial charge in [0.2, 0.25) is 5.91 Å². The van der Waals surface area contributed by atoms with Crippen molar-refractivity contribution in [2.45, 2.75) is 39.2 Å². The van der Waals surface area contributed by atoms with E-state index in [-0.39, 0.29) is 11.9 Å². The van der Waals surface area contributed by atoms with Crippen molar-refractivity contribution in [3.63, 3.8) is 0 Å². The van der Waals surface area contributed by atoms with E-state index >= 15 is 0 Å².